The first-order chi connectivity index (χ1) is 14.1. The highest BCUT2D eigenvalue weighted by Crippen LogP contribution is 2.43. The molecule has 1 amide bonds. The number of carbonyl (C=O) groups excluding carboxylic acids is 1. The number of carbonyl (C=O) groups is 1. The molecular weight excluding hydrogens is 364 g/mol. The van der Waals surface area contributed by atoms with E-state index in [4.69, 9.17) is 5.73 Å². The normalized spacial score (nSPS) is 27.2. The number of aromatic nitrogens is 4. The van der Waals surface area contributed by atoms with Crippen LogP contribution < -0.4 is 5.73 Å². The van der Waals surface area contributed by atoms with Crippen LogP contribution in [0.1, 0.15) is 50.6 Å². The average molecular weight is 395 g/mol. The molecule has 7 heteroatoms. The smallest absolute Gasteiger partial charge is 0.226 e. The summed E-state index contributed by atoms with van der Waals surface area (Å²) in [5, 5.41) is 11.4. The minimum atomic E-state index is -0.0626. The van der Waals surface area contributed by atoms with E-state index < -0.39 is 0 Å². The van der Waals surface area contributed by atoms with Crippen LogP contribution in [0.3, 0.4) is 0 Å². The molecule has 0 radical (unpaired) electrons. The van der Waals surface area contributed by atoms with Crippen molar-refractivity contribution in [3.8, 4) is 5.69 Å². The summed E-state index contributed by atoms with van der Waals surface area (Å²) in [6.45, 7) is 6.50. The fourth-order valence-electron chi connectivity index (χ4n) is 5.19. The largest absolute Gasteiger partial charge is 0.332 e. The van der Waals surface area contributed by atoms with Gasteiger partial charge in [0.05, 0.1) is 11.7 Å². The van der Waals surface area contributed by atoms with E-state index >= 15 is 0 Å². The van der Waals surface area contributed by atoms with Crippen molar-refractivity contribution in [1.29, 1.82) is 0 Å². The molecule has 2 aliphatic carbocycles. The molecule has 0 aliphatic heterocycles. The Hall–Kier alpha value is -2.54. The first-order valence-corrected chi connectivity index (χ1v) is 10.6. The number of rotatable bonds is 6. The van der Waals surface area contributed by atoms with Crippen molar-refractivity contribution in [3.05, 3.63) is 48.8 Å². The second kappa shape index (κ2) is 8.45. The van der Waals surface area contributed by atoms with Crippen LogP contribution in [0.25, 0.3) is 5.69 Å². The molecule has 2 aliphatic rings. The zero-order chi connectivity index (χ0) is 20.4. The van der Waals surface area contributed by atoms with Gasteiger partial charge >= 0.3 is 0 Å². The Kier molecular flexibility index (Phi) is 5.76. The van der Waals surface area contributed by atoms with E-state index in [1.165, 1.54) is 6.42 Å². The van der Waals surface area contributed by atoms with Gasteiger partial charge in [-0.1, -0.05) is 24.6 Å². The molecule has 2 N–H and O–H groups in total. The maximum Gasteiger partial charge on any atom is 0.226 e. The minimum absolute atomic E-state index is 0.0626. The van der Waals surface area contributed by atoms with Gasteiger partial charge < -0.3 is 10.6 Å². The maximum atomic E-state index is 13.6. The number of benzene rings is 1. The topological polar surface area (TPSA) is 89.9 Å². The van der Waals surface area contributed by atoms with Crippen molar-refractivity contribution >= 4 is 5.91 Å². The quantitative estimate of drug-likeness (QED) is 0.761. The molecule has 29 heavy (non-hydrogen) atoms. The zero-order valence-electron chi connectivity index (χ0n) is 17.0. The highest BCUT2D eigenvalue weighted by Gasteiger charge is 2.42. The second-order valence-electron chi connectivity index (χ2n) is 8.50. The molecule has 2 bridgehead atoms. The molecule has 2 fully saturated rings. The number of hydrogen-bond acceptors (Lipinski definition) is 5. The van der Waals surface area contributed by atoms with Crippen molar-refractivity contribution in [2.24, 2.45) is 23.5 Å². The van der Waals surface area contributed by atoms with Crippen molar-refractivity contribution in [2.75, 3.05) is 6.54 Å². The summed E-state index contributed by atoms with van der Waals surface area (Å²) in [6, 6.07) is 8.22. The Bertz CT molecular complexity index is 837. The molecular formula is C22H30N6O. The van der Waals surface area contributed by atoms with E-state index in [0.717, 1.165) is 36.9 Å². The first kappa shape index (κ1) is 19.8. The van der Waals surface area contributed by atoms with E-state index in [-0.39, 0.29) is 23.9 Å². The van der Waals surface area contributed by atoms with Crippen LogP contribution in [0.4, 0.5) is 0 Å². The monoisotopic (exact) mass is 394 g/mol. The van der Waals surface area contributed by atoms with Gasteiger partial charge in [0.2, 0.25) is 5.91 Å². The van der Waals surface area contributed by atoms with Crippen molar-refractivity contribution in [1.82, 2.24) is 25.1 Å². The Morgan fingerprint density at radius 3 is 2.79 bits per heavy atom. The molecule has 4 rings (SSSR count). The molecule has 1 aromatic heterocycles. The van der Waals surface area contributed by atoms with Crippen molar-refractivity contribution in [2.45, 2.75) is 51.1 Å². The van der Waals surface area contributed by atoms with Crippen LogP contribution in [0.5, 0.6) is 0 Å². The van der Waals surface area contributed by atoms with Gasteiger partial charge in [-0.2, -0.15) is 0 Å². The van der Waals surface area contributed by atoms with Crippen LogP contribution in [0.2, 0.25) is 0 Å². The van der Waals surface area contributed by atoms with E-state index in [1.807, 2.05) is 35.2 Å². The molecule has 2 saturated carbocycles. The lowest BCUT2D eigenvalue weighted by molar-refractivity contribution is -0.140. The second-order valence-corrected chi connectivity index (χ2v) is 8.50. The molecule has 0 saturated heterocycles. The van der Waals surface area contributed by atoms with Gasteiger partial charge in [0.1, 0.15) is 6.33 Å². The standard InChI is InChI=1S/C22H30N6O/c1-3-10-27(22(29)19-11-17-7-4-8-18(12-19)21(17)23)15(2)16-6-5-9-20(13-16)28-14-24-25-26-28/h3,5-6,9,13-15,17-19,21H,1,4,7-8,10-12,23H2,2H3. The van der Waals surface area contributed by atoms with Crippen LogP contribution in [-0.2, 0) is 4.79 Å². The summed E-state index contributed by atoms with van der Waals surface area (Å²) in [7, 11) is 0. The van der Waals surface area contributed by atoms with Gasteiger partial charge in [0.15, 0.2) is 0 Å². The predicted molar refractivity (Wildman–Crippen MR) is 111 cm³/mol. The summed E-state index contributed by atoms with van der Waals surface area (Å²) >= 11 is 0. The lowest BCUT2D eigenvalue weighted by Crippen LogP contribution is -2.50. The lowest BCUT2D eigenvalue weighted by atomic mass is 9.65. The Morgan fingerprint density at radius 2 is 2.14 bits per heavy atom. The highest BCUT2D eigenvalue weighted by molar-refractivity contribution is 5.79. The third-order valence-corrected chi connectivity index (χ3v) is 6.80. The summed E-state index contributed by atoms with van der Waals surface area (Å²) in [5.74, 6) is 1.27. The molecule has 154 valence electrons. The zero-order valence-corrected chi connectivity index (χ0v) is 17.0. The molecule has 3 unspecified atom stereocenters. The van der Waals surface area contributed by atoms with Crippen LogP contribution in [0, 0.1) is 17.8 Å². The molecule has 0 spiro atoms. The first-order valence-electron chi connectivity index (χ1n) is 10.6. The molecule has 2 aromatic rings. The van der Waals surface area contributed by atoms with E-state index in [0.29, 0.717) is 18.4 Å². The number of nitrogens with zero attached hydrogens (tertiary/aromatic N) is 5. The van der Waals surface area contributed by atoms with Crippen molar-refractivity contribution < 1.29 is 4.79 Å². The Labute approximate surface area is 172 Å². The summed E-state index contributed by atoms with van der Waals surface area (Å²) in [5.41, 5.74) is 8.37. The fourth-order valence-corrected chi connectivity index (χ4v) is 5.19. The number of hydrogen-bond donors (Lipinski definition) is 1. The lowest BCUT2D eigenvalue weighted by Gasteiger charge is -2.45. The van der Waals surface area contributed by atoms with E-state index in [9.17, 15) is 4.79 Å². The molecule has 1 heterocycles. The molecule has 1 aromatic carbocycles. The van der Waals surface area contributed by atoms with Crippen LogP contribution in [-0.4, -0.2) is 43.6 Å². The SMILES string of the molecule is C=CCN(C(=O)C1CC2CCCC(C1)C2N)C(C)c1cccc(-n2cnnn2)c1. The summed E-state index contributed by atoms with van der Waals surface area (Å²) in [6.07, 6.45) is 8.79. The van der Waals surface area contributed by atoms with Gasteiger partial charge in [0, 0.05) is 18.5 Å². The molecule has 3 atom stereocenters. The Balaban J connectivity index is 1.55. The van der Waals surface area contributed by atoms with Gasteiger partial charge in [-0.25, -0.2) is 4.68 Å². The maximum absolute atomic E-state index is 13.6. The van der Waals surface area contributed by atoms with Gasteiger partial charge in [0.25, 0.3) is 0 Å². The predicted octanol–water partition coefficient (Wildman–Crippen LogP) is 2.89. The fraction of sp³-hybridized carbons (Fsp3) is 0.545. The van der Waals surface area contributed by atoms with Gasteiger partial charge in [-0.05, 0) is 72.6 Å². The van der Waals surface area contributed by atoms with Crippen LogP contribution in [0.15, 0.2) is 43.2 Å². The number of tetrazole rings is 1. The van der Waals surface area contributed by atoms with Crippen LogP contribution >= 0.6 is 0 Å². The Morgan fingerprint density at radius 1 is 1.38 bits per heavy atom. The summed E-state index contributed by atoms with van der Waals surface area (Å²) in [4.78, 5) is 15.5. The van der Waals surface area contributed by atoms with Crippen molar-refractivity contribution in [3.63, 3.8) is 0 Å². The third kappa shape index (κ3) is 3.96. The molecule has 7 nitrogen and oxygen atoms in total. The number of fused-ring (bicyclic) bond motifs is 2. The van der Waals surface area contributed by atoms with Gasteiger partial charge in [-0.15, -0.1) is 11.7 Å². The average Bonchev–Trinajstić information content (AvgIpc) is 3.26. The highest BCUT2D eigenvalue weighted by atomic mass is 16.2. The van der Waals surface area contributed by atoms with E-state index in [1.54, 1.807) is 11.0 Å². The van der Waals surface area contributed by atoms with Gasteiger partial charge in [-0.3, -0.25) is 4.79 Å². The van der Waals surface area contributed by atoms with E-state index in [2.05, 4.69) is 29.0 Å². The summed E-state index contributed by atoms with van der Waals surface area (Å²) < 4.78 is 1.62. The number of amides is 1. The number of nitrogens with two attached hydrogens (primary N) is 1. The third-order valence-electron chi connectivity index (χ3n) is 6.80. The minimum Gasteiger partial charge on any atom is -0.332 e.